The number of carbonyl (C=O) groups is 2. The third-order valence-corrected chi connectivity index (χ3v) is 4.45. The topological polar surface area (TPSA) is 58.6 Å². The molecule has 5 nitrogen and oxygen atoms in total. The lowest BCUT2D eigenvalue weighted by Crippen LogP contribution is -2.50. The van der Waals surface area contributed by atoms with Crippen molar-refractivity contribution in [3.05, 3.63) is 65.5 Å². The first-order chi connectivity index (χ1) is 13.5. The first-order valence-electron chi connectivity index (χ1n) is 9.46. The second kappa shape index (κ2) is 10.4. The van der Waals surface area contributed by atoms with Crippen LogP contribution < -0.4 is 10.1 Å². The molecular formula is C22H27FN2O3. The monoisotopic (exact) mass is 386 g/mol. The van der Waals surface area contributed by atoms with E-state index in [1.54, 1.807) is 18.2 Å². The number of nitrogens with zero attached hydrogens (tertiary/aromatic N) is 1. The molecule has 0 aliphatic heterocycles. The summed E-state index contributed by atoms with van der Waals surface area (Å²) in [6.07, 6.45) is 0.461. The maximum Gasteiger partial charge on any atom is 0.261 e. The van der Waals surface area contributed by atoms with Crippen molar-refractivity contribution >= 4 is 11.8 Å². The summed E-state index contributed by atoms with van der Waals surface area (Å²) >= 11 is 0. The zero-order valence-corrected chi connectivity index (χ0v) is 16.6. The van der Waals surface area contributed by atoms with Crippen LogP contribution in [0.15, 0.2) is 48.5 Å². The molecule has 0 saturated carbocycles. The molecule has 2 aromatic carbocycles. The van der Waals surface area contributed by atoms with Crippen LogP contribution in [0.2, 0.25) is 0 Å². The Morgan fingerprint density at radius 3 is 2.39 bits per heavy atom. The number of nitrogens with one attached hydrogen (secondary N) is 1. The third kappa shape index (κ3) is 5.81. The third-order valence-electron chi connectivity index (χ3n) is 4.45. The van der Waals surface area contributed by atoms with E-state index < -0.39 is 6.04 Å². The Bertz CT molecular complexity index is 793. The summed E-state index contributed by atoms with van der Waals surface area (Å²) in [4.78, 5) is 26.9. The fraction of sp³-hybridized carbons (Fsp3) is 0.364. The second-order valence-electron chi connectivity index (χ2n) is 6.52. The van der Waals surface area contributed by atoms with Crippen molar-refractivity contribution in [3.63, 3.8) is 0 Å². The van der Waals surface area contributed by atoms with E-state index in [0.717, 1.165) is 11.1 Å². The van der Waals surface area contributed by atoms with Crippen molar-refractivity contribution in [2.45, 2.75) is 39.8 Å². The molecule has 0 aromatic heterocycles. The number of halogens is 1. The first-order valence-corrected chi connectivity index (χ1v) is 9.46. The molecule has 0 aliphatic carbocycles. The van der Waals surface area contributed by atoms with E-state index in [0.29, 0.717) is 18.7 Å². The lowest BCUT2D eigenvalue weighted by atomic mass is 10.1. The van der Waals surface area contributed by atoms with Gasteiger partial charge in [0.1, 0.15) is 17.6 Å². The number of aryl methyl sites for hydroxylation is 1. The van der Waals surface area contributed by atoms with E-state index in [-0.39, 0.29) is 30.8 Å². The highest BCUT2D eigenvalue weighted by Crippen LogP contribution is 2.18. The average Bonchev–Trinajstić information content (AvgIpc) is 2.68. The SMILES string of the molecule is CCNC(=O)[C@@H](CC)N(Cc1ccc(F)cc1)C(=O)COc1ccccc1C. The van der Waals surface area contributed by atoms with Crippen LogP contribution in [-0.4, -0.2) is 35.9 Å². The quantitative estimate of drug-likeness (QED) is 0.718. The van der Waals surface area contributed by atoms with Crippen LogP contribution in [0.5, 0.6) is 5.75 Å². The lowest BCUT2D eigenvalue weighted by molar-refractivity contribution is -0.142. The summed E-state index contributed by atoms with van der Waals surface area (Å²) in [6.45, 7) is 6.09. The molecule has 2 aromatic rings. The Morgan fingerprint density at radius 1 is 1.11 bits per heavy atom. The smallest absolute Gasteiger partial charge is 0.261 e. The van der Waals surface area contributed by atoms with Gasteiger partial charge in [-0.05, 0) is 49.6 Å². The van der Waals surface area contributed by atoms with Gasteiger partial charge in [0.15, 0.2) is 6.61 Å². The van der Waals surface area contributed by atoms with Crippen molar-refractivity contribution in [1.29, 1.82) is 0 Å². The second-order valence-corrected chi connectivity index (χ2v) is 6.52. The van der Waals surface area contributed by atoms with Gasteiger partial charge in [0, 0.05) is 13.1 Å². The van der Waals surface area contributed by atoms with E-state index in [1.165, 1.54) is 17.0 Å². The van der Waals surface area contributed by atoms with E-state index in [1.807, 2.05) is 39.0 Å². The van der Waals surface area contributed by atoms with Crippen molar-refractivity contribution in [3.8, 4) is 5.75 Å². The van der Waals surface area contributed by atoms with Crippen LogP contribution in [0, 0.1) is 12.7 Å². The molecule has 0 radical (unpaired) electrons. The maximum atomic E-state index is 13.2. The zero-order chi connectivity index (χ0) is 20.5. The number of benzene rings is 2. The summed E-state index contributed by atoms with van der Waals surface area (Å²) in [6, 6.07) is 12.7. The van der Waals surface area contributed by atoms with Crippen LogP contribution in [0.1, 0.15) is 31.4 Å². The van der Waals surface area contributed by atoms with E-state index >= 15 is 0 Å². The van der Waals surface area contributed by atoms with Crippen molar-refractivity contribution in [2.24, 2.45) is 0 Å². The molecule has 2 rings (SSSR count). The standard InChI is InChI=1S/C22H27FN2O3/c1-4-19(22(27)24-5-2)25(14-17-10-12-18(23)13-11-17)21(26)15-28-20-9-7-6-8-16(20)3/h6-13,19H,4-5,14-15H2,1-3H3,(H,24,27)/t19-/m1/s1. The molecule has 0 saturated heterocycles. The molecule has 2 amide bonds. The van der Waals surface area contributed by atoms with Crippen LogP contribution in [0.3, 0.4) is 0 Å². The summed E-state index contributed by atoms with van der Waals surface area (Å²) in [5.41, 5.74) is 1.67. The van der Waals surface area contributed by atoms with Gasteiger partial charge in [-0.25, -0.2) is 4.39 Å². The molecule has 28 heavy (non-hydrogen) atoms. The summed E-state index contributed by atoms with van der Waals surface area (Å²) in [7, 11) is 0. The Kier molecular flexibility index (Phi) is 7.99. The Balaban J connectivity index is 2.19. The number of hydrogen-bond donors (Lipinski definition) is 1. The molecule has 0 unspecified atom stereocenters. The molecule has 0 fully saturated rings. The van der Waals surface area contributed by atoms with Crippen LogP contribution in [-0.2, 0) is 16.1 Å². The molecule has 1 atom stereocenters. The number of hydrogen-bond acceptors (Lipinski definition) is 3. The number of likely N-dealkylation sites (N-methyl/N-ethyl adjacent to an activating group) is 1. The van der Waals surface area contributed by atoms with Gasteiger partial charge in [-0.15, -0.1) is 0 Å². The highest BCUT2D eigenvalue weighted by molar-refractivity contribution is 5.88. The number of para-hydroxylation sites is 1. The summed E-state index contributed by atoms with van der Waals surface area (Å²) in [5.74, 6) is -0.231. The number of carbonyl (C=O) groups excluding carboxylic acids is 2. The minimum absolute atomic E-state index is 0.179. The highest BCUT2D eigenvalue weighted by Gasteiger charge is 2.28. The fourth-order valence-electron chi connectivity index (χ4n) is 2.94. The number of rotatable bonds is 9. The van der Waals surface area contributed by atoms with Gasteiger partial charge >= 0.3 is 0 Å². The fourth-order valence-corrected chi connectivity index (χ4v) is 2.94. The van der Waals surface area contributed by atoms with Gasteiger partial charge in [0.25, 0.3) is 5.91 Å². The van der Waals surface area contributed by atoms with Crippen molar-refractivity contribution in [1.82, 2.24) is 10.2 Å². The maximum absolute atomic E-state index is 13.2. The predicted molar refractivity (Wildman–Crippen MR) is 106 cm³/mol. The molecular weight excluding hydrogens is 359 g/mol. The van der Waals surface area contributed by atoms with Crippen LogP contribution in [0.4, 0.5) is 4.39 Å². The molecule has 0 spiro atoms. The van der Waals surface area contributed by atoms with Crippen molar-refractivity contribution < 1.29 is 18.7 Å². The Morgan fingerprint density at radius 2 is 1.79 bits per heavy atom. The zero-order valence-electron chi connectivity index (χ0n) is 16.6. The van der Waals surface area contributed by atoms with E-state index in [2.05, 4.69) is 5.32 Å². The van der Waals surface area contributed by atoms with Gasteiger partial charge in [0.2, 0.25) is 5.91 Å². The highest BCUT2D eigenvalue weighted by atomic mass is 19.1. The molecule has 0 bridgehead atoms. The lowest BCUT2D eigenvalue weighted by Gasteiger charge is -2.30. The summed E-state index contributed by atoms with van der Waals surface area (Å²) < 4.78 is 18.9. The number of ether oxygens (including phenoxy) is 1. The molecule has 150 valence electrons. The van der Waals surface area contributed by atoms with E-state index in [4.69, 9.17) is 4.74 Å². The van der Waals surface area contributed by atoms with Gasteiger partial charge in [0.05, 0.1) is 0 Å². The van der Waals surface area contributed by atoms with E-state index in [9.17, 15) is 14.0 Å². The molecule has 6 heteroatoms. The van der Waals surface area contributed by atoms with Crippen molar-refractivity contribution in [2.75, 3.05) is 13.2 Å². The predicted octanol–water partition coefficient (Wildman–Crippen LogP) is 3.46. The first kappa shape index (κ1) is 21.4. The van der Waals surface area contributed by atoms with Crippen LogP contribution in [0.25, 0.3) is 0 Å². The van der Waals surface area contributed by atoms with Gasteiger partial charge in [-0.1, -0.05) is 37.3 Å². The summed E-state index contributed by atoms with van der Waals surface area (Å²) in [5, 5.41) is 2.78. The molecule has 0 heterocycles. The largest absolute Gasteiger partial charge is 0.484 e. The average molecular weight is 386 g/mol. The molecule has 1 N–H and O–H groups in total. The minimum atomic E-state index is -0.627. The van der Waals surface area contributed by atoms with Gasteiger partial charge < -0.3 is 15.0 Å². The van der Waals surface area contributed by atoms with Gasteiger partial charge in [-0.2, -0.15) is 0 Å². The van der Waals surface area contributed by atoms with Gasteiger partial charge in [-0.3, -0.25) is 9.59 Å². The Hall–Kier alpha value is -2.89. The van der Waals surface area contributed by atoms with Crippen LogP contribution >= 0.6 is 0 Å². The Labute approximate surface area is 165 Å². The molecule has 0 aliphatic rings. The normalized spacial score (nSPS) is 11.6. The minimum Gasteiger partial charge on any atom is -0.484 e. The number of amides is 2.